The zero-order valence-corrected chi connectivity index (χ0v) is 15.1. The number of nitrogens with one attached hydrogen (secondary N) is 1. The van der Waals surface area contributed by atoms with E-state index in [9.17, 15) is 9.59 Å². The van der Waals surface area contributed by atoms with Crippen molar-refractivity contribution >= 4 is 33.4 Å². The van der Waals surface area contributed by atoms with Crippen molar-refractivity contribution < 1.29 is 9.59 Å². The minimum Gasteiger partial charge on any atom is -0.332 e. The quantitative estimate of drug-likeness (QED) is 0.888. The molecule has 1 heterocycles. The second kappa shape index (κ2) is 6.95. The van der Waals surface area contributed by atoms with Crippen molar-refractivity contribution in [2.24, 2.45) is 7.05 Å². The number of carbonyl (C=O) groups is 2. The molecule has 1 N–H and O–H groups in total. The summed E-state index contributed by atoms with van der Waals surface area (Å²) in [6.07, 6.45) is 0. The van der Waals surface area contributed by atoms with Gasteiger partial charge in [-0.15, -0.1) is 0 Å². The lowest BCUT2D eigenvalue weighted by atomic mass is 10.1. The third kappa shape index (κ3) is 3.79. The summed E-state index contributed by atoms with van der Waals surface area (Å²) in [4.78, 5) is 26.1. The Balaban J connectivity index is 2.06. The van der Waals surface area contributed by atoms with Crippen LogP contribution in [0.5, 0.6) is 0 Å². The van der Waals surface area contributed by atoms with Gasteiger partial charge in [0.1, 0.15) is 0 Å². The Labute approximate surface area is 143 Å². The summed E-state index contributed by atoms with van der Waals surface area (Å²) in [5, 5.41) is 7.02. The van der Waals surface area contributed by atoms with Gasteiger partial charge in [-0.05, 0) is 41.9 Å². The molecule has 2 amide bonds. The fourth-order valence-electron chi connectivity index (χ4n) is 2.31. The monoisotopic (exact) mass is 378 g/mol. The van der Waals surface area contributed by atoms with Crippen LogP contribution >= 0.6 is 15.9 Å². The van der Waals surface area contributed by atoms with E-state index in [0.29, 0.717) is 16.9 Å². The van der Waals surface area contributed by atoms with Gasteiger partial charge in [0.25, 0.3) is 5.91 Å². The van der Waals surface area contributed by atoms with Gasteiger partial charge in [-0.2, -0.15) is 5.10 Å². The maximum Gasteiger partial charge on any atom is 0.257 e. The lowest BCUT2D eigenvalue weighted by molar-refractivity contribution is -0.116. The predicted octanol–water partition coefficient (Wildman–Crippen LogP) is 2.51. The van der Waals surface area contributed by atoms with Crippen LogP contribution in [0.2, 0.25) is 0 Å². The standard InChI is InChI=1S/C16H19BrN4O2/c1-10-15(11(2)21(4)19-10)16(23)20(3)9-14(22)18-13-8-6-5-7-12(13)17/h5-8H,9H2,1-4H3,(H,18,22). The number of hydrogen-bond donors (Lipinski definition) is 1. The minimum atomic E-state index is -0.257. The SMILES string of the molecule is Cc1nn(C)c(C)c1C(=O)N(C)CC(=O)Nc1ccccc1Br. The Hall–Kier alpha value is -2.15. The molecular formula is C16H19BrN4O2. The molecule has 0 aliphatic rings. The van der Waals surface area contributed by atoms with Gasteiger partial charge < -0.3 is 10.2 Å². The maximum atomic E-state index is 12.5. The highest BCUT2D eigenvalue weighted by Crippen LogP contribution is 2.21. The molecule has 1 aromatic carbocycles. The van der Waals surface area contributed by atoms with Crippen LogP contribution in [0.15, 0.2) is 28.7 Å². The first-order valence-electron chi connectivity index (χ1n) is 7.11. The summed E-state index contributed by atoms with van der Waals surface area (Å²) in [7, 11) is 3.40. The van der Waals surface area contributed by atoms with Crippen molar-refractivity contribution in [2.45, 2.75) is 13.8 Å². The number of likely N-dealkylation sites (N-methyl/N-ethyl adjacent to an activating group) is 1. The Kier molecular flexibility index (Phi) is 5.20. The molecule has 0 fully saturated rings. The summed E-state index contributed by atoms with van der Waals surface area (Å²) in [5.41, 5.74) is 2.66. The Bertz CT molecular complexity index is 755. The molecule has 0 saturated carbocycles. The van der Waals surface area contributed by atoms with Crippen LogP contribution in [-0.2, 0) is 11.8 Å². The third-order valence-electron chi connectivity index (χ3n) is 3.60. The van der Waals surface area contributed by atoms with Crippen LogP contribution in [0, 0.1) is 13.8 Å². The number of carbonyl (C=O) groups excluding carboxylic acids is 2. The van der Waals surface area contributed by atoms with E-state index in [0.717, 1.165) is 10.2 Å². The van der Waals surface area contributed by atoms with Crippen LogP contribution in [0.25, 0.3) is 0 Å². The molecular weight excluding hydrogens is 360 g/mol. The fraction of sp³-hybridized carbons (Fsp3) is 0.312. The number of aryl methyl sites for hydroxylation is 2. The minimum absolute atomic E-state index is 0.0338. The molecule has 0 spiro atoms. The van der Waals surface area contributed by atoms with E-state index >= 15 is 0 Å². The number of rotatable bonds is 4. The second-order valence-electron chi connectivity index (χ2n) is 5.36. The second-order valence-corrected chi connectivity index (χ2v) is 6.21. The molecule has 23 heavy (non-hydrogen) atoms. The van der Waals surface area contributed by atoms with Crippen molar-refractivity contribution in [3.05, 3.63) is 45.7 Å². The zero-order chi connectivity index (χ0) is 17.1. The van der Waals surface area contributed by atoms with E-state index in [4.69, 9.17) is 0 Å². The van der Waals surface area contributed by atoms with Gasteiger partial charge in [0, 0.05) is 24.3 Å². The number of benzene rings is 1. The van der Waals surface area contributed by atoms with Gasteiger partial charge >= 0.3 is 0 Å². The first-order chi connectivity index (χ1) is 10.8. The molecule has 0 atom stereocenters. The fourth-order valence-corrected chi connectivity index (χ4v) is 2.70. The maximum absolute atomic E-state index is 12.5. The van der Waals surface area contributed by atoms with Crippen LogP contribution < -0.4 is 5.32 Å². The summed E-state index contributed by atoms with van der Waals surface area (Å²) in [5.74, 6) is -0.470. The molecule has 0 saturated heterocycles. The van der Waals surface area contributed by atoms with E-state index in [1.165, 1.54) is 4.90 Å². The molecule has 2 aromatic rings. The molecule has 2 rings (SSSR count). The Morgan fingerprint density at radius 3 is 2.52 bits per heavy atom. The number of para-hydroxylation sites is 1. The van der Waals surface area contributed by atoms with Crippen molar-refractivity contribution in [3.8, 4) is 0 Å². The number of anilines is 1. The molecule has 122 valence electrons. The van der Waals surface area contributed by atoms with Gasteiger partial charge in [0.15, 0.2) is 0 Å². The van der Waals surface area contributed by atoms with Crippen LogP contribution in [0.4, 0.5) is 5.69 Å². The number of amides is 2. The number of nitrogens with zero attached hydrogens (tertiary/aromatic N) is 3. The lowest BCUT2D eigenvalue weighted by Crippen LogP contribution is -2.35. The molecule has 6 nitrogen and oxygen atoms in total. The van der Waals surface area contributed by atoms with E-state index in [1.807, 2.05) is 25.1 Å². The molecule has 0 aliphatic heterocycles. The third-order valence-corrected chi connectivity index (χ3v) is 4.29. The zero-order valence-electron chi connectivity index (χ0n) is 13.6. The Morgan fingerprint density at radius 2 is 1.96 bits per heavy atom. The van der Waals surface area contributed by atoms with E-state index in [-0.39, 0.29) is 18.4 Å². The van der Waals surface area contributed by atoms with Crippen LogP contribution in [0.3, 0.4) is 0 Å². The summed E-state index contributed by atoms with van der Waals surface area (Å²) < 4.78 is 2.46. The van der Waals surface area contributed by atoms with Crippen molar-refractivity contribution in [3.63, 3.8) is 0 Å². The topological polar surface area (TPSA) is 67.2 Å². The molecule has 0 bridgehead atoms. The smallest absolute Gasteiger partial charge is 0.257 e. The van der Waals surface area contributed by atoms with Gasteiger partial charge in [0.2, 0.25) is 5.91 Å². The Morgan fingerprint density at radius 1 is 1.30 bits per heavy atom. The molecule has 0 unspecified atom stereocenters. The van der Waals surface area contributed by atoms with Crippen molar-refractivity contribution in [1.82, 2.24) is 14.7 Å². The van der Waals surface area contributed by atoms with Crippen molar-refractivity contribution in [2.75, 3.05) is 18.9 Å². The normalized spacial score (nSPS) is 10.5. The molecule has 7 heteroatoms. The van der Waals surface area contributed by atoms with E-state index in [1.54, 1.807) is 31.8 Å². The average molecular weight is 379 g/mol. The lowest BCUT2D eigenvalue weighted by Gasteiger charge is -2.17. The summed E-state index contributed by atoms with van der Waals surface area (Å²) in [6.45, 7) is 3.59. The average Bonchev–Trinajstić information content (AvgIpc) is 2.73. The molecule has 1 aromatic heterocycles. The molecule has 0 radical (unpaired) electrons. The van der Waals surface area contributed by atoms with Crippen LogP contribution in [0.1, 0.15) is 21.7 Å². The van der Waals surface area contributed by atoms with Crippen molar-refractivity contribution in [1.29, 1.82) is 0 Å². The predicted molar refractivity (Wildman–Crippen MR) is 92.4 cm³/mol. The first-order valence-corrected chi connectivity index (χ1v) is 7.90. The highest BCUT2D eigenvalue weighted by molar-refractivity contribution is 9.10. The summed E-state index contributed by atoms with van der Waals surface area (Å²) >= 11 is 3.37. The highest BCUT2D eigenvalue weighted by atomic mass is 79.9. The van der Waals surface area contributed by atoms with Gasteiger partial charge in [-0.1, -0.05) is 12.1 Å². The molecule has 0 aliphatic carbocycles. The first kappa shape index (κ1) is 17.2. The van der Waals surface area contributed by atoms with Crippen LogP contribution in [-0.4, -0.2) is 40.1 Å². The van der Waals surface area contributed by atoms with E-state index in [2.05, 4.69) is 26.3 Å². The number of halogens is 1. The largest absolute Gasteiger partial charge is 0.332 e. The van der Waals surface area contributed by atoms with Gasteiger partial charge in [0.05, 0.1) is 23.5 Å². The summed E-state index contributed by atoms with van der Waals surface area (Å²) in [6, 6.07) is 7.33. The van der Waals surface area contributed by atoms with E-state index < -0.39 is 0 Å². The highest BCUT2D eigenvalue weighted by Gasteiger charge is 2.22. The number of aromatic nitrogens is 2. The van der Waals surface area contributed by atoms with Gasteiger partial charge in [-0.3, -0.25) is 14.3 Å². The number of hydrogen-bond acceptors (Lipinski definition) is 3. The van der Waals surface area contributed by atoms with Gasteiger partial charge in [-0.25, -0.2) is 0 Å².